The number of alkyl halides is 9. The molecule has 0 radical (unpaired) electrons. The van der Waals surface area contributed by atoms with Crippen molar-refractivity contribution in [3.8, 4) is 0 Å². The molecule has 1 unspecified atom stereocenters. The second-order valence-electron chi connectivity index (χ2n) is 7.88. The van der Waals surface area contributed by atoms with Gasteiger partial charge in [-0.25, -0.2) is 0 Å². The standard InChI is InChI=1S/C21H18ClF6N3O.C2HF3O2/c1-2-31-16-9-15(22)13(10-29)6-12(16)8-17(31)19(32)30-18(21(26,27)28)11-4-3-5-14(7-11)20(23,24)25;3-2(4,5)1(6)7/h3-9,18H,2,10,29H2,1H3,(H,30,32);(H,6,7). The Bertz CT molecular complexity index is 1350. The number of aryl methyl sites for hydroxylation is 1. The van der Waals surface area contributed by atoms with Crippen LogP contribution in [0.1, 0.15) is 40.1 Å². The van der Waals surface area contributed by atoms with E-state index in [0.29, 0.717) is 40.2 Å². The van der Waals surface area contributed by atoms with Gasteiger partial charge in [-0.3, -0.25) is 4.79 Å². The zero-order chi connectivity index (χ0) is 29.9. The molecule has 39 heavy (non-hydrogen) atoms. The molecule has 0 saturated carbocycles. The lowest BCUT2D eigenvalue weighted by atomic mass is 10.0. The number of amides is 1. The van der Waals surface area contributed by atoms with E-state index in [-0.39, 0.29) is 12.2 Å². The number of halogens is 10. The molecule has 1 atom stereocenters. The SMILES string of the molecule is CCn1c(C(=O)NC(c2cccc(C(F)(F)F)c2)C(F)(F)F)cc2cc(C[NH3+])c(Cl)cc21.O=C([O-])C(F)(F)F. The van der Waals surface area contributed by atoms with Gasteiger partial charge in [0.25, 0.3) is 5.91 Å². The summed E-state index contributed by atoms with van der Waals surface area (Å²) in [6, 6.07) is 4.90. The van der Waals surface area contributed by atoms with Crippen LogP contribution in [0.2, 0.25) is 5.02 Å². The molecule has 6 nitrogen and oxygen atoms in total. The highest BCUT2D eigenvalue weighted by molar-refractivity contribution is 6.32. The molecule has 2 aromatic carbocycles. The van der Waals surface area contributed by atoms with Crippen LogP contribution in [0.25, 0.3) is 10.9 Å². The van der Waals surface area contributed by atoms with Gasteiger partial charge < -0.3 is 25.5 Å². The molecule has 1 amide bonds. The lowest BCUT2D eigenvalue weighted by molar-refractivity contribution is -0.386. The molecule has 0 spiro atoms. The van der Waals surface area contributed by atoms with Crippen molar-refractivity contribution in [2.75, 3.05) is 0 Å². The van der Waals surface area contributed by atoms with Crippen LogP contribution in [0.5, 0.6) is 0 Å². The second kappa shape index (κ2) is 11.7. The van der Waals surface area contributed by atoms with Crippen molar-refractivity contribution in [2.24, 2.45) is 0 Å². The zero-order valence-corrected chi connectivity index (χ0v) is 20.4. The van der Waals surface area contributed by atoms with E-state index >= 15 is 0 Å². The van der Waals surface area contributed by atoms with Crippen LogP contribution in [0.15, 0.2) is 42.5 Å². The number of hydrogen-bond acceptors (Lipinski definition) is 3. The molecule has 214 valence electrons. The lowest BCUT2D eigenvalue weighted by Crippen LogP contribution is -2.47. The molecule has 1 aromatic heterocycles. The Hall–Kier alpha value is -3.46. The lowest BCUT2D eigenvalue weighted by Gasteiger charge is -2.23. The number of aliphatic carboxylic acids is 1. The Kier molecular flexibility index (Phi) is 9.56. The van der Waals surface area contributed by atoms with E-state index in [4.69, 9.17) is 21.5 Å². The minimum atomic E-state index is -5.19. The highest BCUT2D eigenvalue weighted by Crippen LogP contribution is 2.37. The highest BCUT2D eigenvalue weighted by atomic mass is 35.5. The summed E-state index contributed by atoms with van der Waals surface area (Å²) in [5.74, 6) is -4.08. The number of rotatable bonds is 5. The van der Waals surface area contributed by atoms with Crippen LogP contribution in [-0.2, 0) is 24.1 Å². The van der Waals surface area contributed by atoms with E-state index in [1.165, 1.54) is 10.6 Å². The van der Waals surface area contributed by atoms with Crippen LogP contribution in [0.4, 0.5) is 39.5 Å². The highest BCUT2D eigenvalue weighted by Gasteiger charge is 2.43. The van der Waals surface area contributed by atoms with E-state index in [9.17, 15) is 44.3 Å². The van der Waals surface area contributed by atoms with Crippen molar-refractivity contribution in [1.82, 2.24) is 9.88 Å². The van der Waals surface area contributed by atoms with E-state index in [1.54, 1.807) is 19.1 Å². The summed E-state index contributed by atoms with van der Waals surface area (Å²) in [4.78, 5) is 21.6. The molecule has 4 N–H and O–H groups in total. The summed E-state index contributed by atoms with van der Waals surface area (Å²) in [5, 5.41) is 11.6. The Morgan fingerprint density at radius 1 is 1.03 bits per heavy atom. The van der Waals surface area contributed by atoms with Gasteiger partial charge in [0.1, 0.15) is 18.2 Å². The third-order valence-electron chi connectivity index (χ3n) is 5.27. The third kappa shape index (κ3) is 7.79. The number of carbonyl (C=O) groups excluding carboxylic acids is 2. The number of hydrogen-bond donors (Lipinski definition) is 2. The summed E-state index contributed by atoms with van der Waals surface area (Å²) >= 11 is 6.20. The summed E-state index contributed by atoms with van der Waals surface area (Å²) in [6.07, 6.45) is -15.0. The molecule has 16 heteroatoms. The predicted molar refractivity (Wildman–Crippen MR) is 118 cm³/mol. The minimum Gasteiger partial charge on any atom is -0.542 e. The van der Waals surface area contributed by atoms with Crippen molar-refractivity contribution < 1.29 is 59.9 Å². The van der Waals surface area contributed by atoms with Crippen molar-refractivity contribution in [3.63, 3.8) is 0 Å². The first-order valence-electron chi connectivity index (χ1n) is 10.7. The van der Waals surface area contributed by atoms with E-state index in [1.807, 2.05) is 5.32 Å². The van der Waals surface area contributed by atoms with Crippen molar-refractivity contribution in [2.45, 2.75) is 44.6 Å². The maximum atomic E-state index is 13.7. The van der Waals surface area contributed by atoms with E-state index in [2.05, 4.69) is 5.73 Å². The largest absolute Gasteiger partial charge is 0.542 e. The third-order valence-corrected chi connectivity index (χ3v) is 5.62. The predicted octanol–water partition coefficient (Wildman–Crippen LogP) is 4.41. The quantitative estimate of drug-likeness (QED) is 0.430. The van der Waals surface area contributed by atoms with Crippen LogP contribution in [0.3, 0.4) is 0 Å². The van der Waals surface area contributed by atoms with Crippen LogP contribution in [0, 0.1) is 0 Å². The molecular formula is C23H19ClF9N3O3. The Morgan fingerprint density at radius 3 is 2.08 bits per heavy atom. The second-order valence-corrected chi connectivity index (χ2v) is 8.29. The van der Waals surface area contributed by atoms with E-state index in [0.717, 1.165) is 12.1 Å². The van der Waals surface area contributed by atoms with Gasteiger partial charge in [0.05, 0.1) is 16.1 Å². The monoisotopic (exact) mass is 591 g/mol. The number of nitrogens with one attached hydrogen (secondary N) is 1. The molecule has 0 aliphatic rings. The average Bonchev–Trinajstić information content (AvgIpc) is 3.17. The average molecular weight is 592 g/mol. The first-order valence-corrected chi connectivity index (χ1v) is 11.1. The molecule has 0 fully saturated rings. The number of benzene rings is 2. The minimum absolute atomic E-state index is 0.0685. The summed E-state index contributed by atoms with van der Waals surface area (Å²) in [5.41, 5.74) is 2.98. The van der Waals surface area contributed by atoms with Crippen molar-refractivity contribution >= 4 is 34.4 Å². The number of carbonyl (C=O) groups is 2. The maximum absolute atomic E-state index is 13.7. The van der Waals surface area contributed by atoms with Gasteiger partial charge in [0.15, 0.2) is 6.04 Å². The number of quaternary nitrogens is 1. The fraction of sp³-hybridized carbons (Fsp3) is 0.304. The Morgan fingerprint density at radius 2 is 1.62 bits per heavy atom. The van der Waals surface area contributed by atoms with Gasteiger partial charge in [-0.05, 0) is 42.8 Å². The number of carboxylic acid groups (broad SMARTS) is 1. The fourth-order valence-electron chi connectivity index (χ4n) is 3.51. The first-order chi connectivity index (χ1) is 17.8. The molecular weight excluding hydrogens is 573 g/mol. The normalized spacial score (nSPS) is 13.0. The molecule has 3 aromatic rings. The molecule has 0 aliphatic heterocycles. The van der Waals surface area contributed by atoms with Gasteiger partial charge in [-0.2, -0.15) is 39.5 Å². The summed E-state index contributed by atoms with van der Waals surface area (Å²) < 4.78 is 113. The number of nitrogens with zero attached hydrogens (tertiary/aromatic N) is 1. The topological polar surface area (TPSA) is 102 Å². The first kappa shape index (κ1) is 31.8. The number of fused-ring (bicyclic) bond motifs is 1. The summed E-state index contributed by atoms with van der Waals surface area (Å²) in [7, 11) is 0. The fourth-order valence-corrected chi connectivity index (χ4v) is 3.76. The molecule has 0 aliphatic carbocycles. The molecule has 3 rings (SSSR count). The van der Waals surface area contributed by atoms with Crippen LogP contribution >= 0.6 is 11.6 Å². The smallest absolute Gasteiger partial charge is 0.430 e. The van der Waals surface area contributed by atoms with Crippen LogP contribution in [-0.4, -0.2) is 28.8 Å². The van der Waals surface area contributed by atoms with Crippen molar-refractivity contribution in [3.05, 3.63) is 69.9 Å². The molecule has 0 bridgehead atoms. The number of aromatic nitrogens is 1. The van der Waals surface area contributed by atoms with E-state index < -0.39 is 47.6 Å². The van der Waals surface area contributed by atoms with Gasteiger partial charge >= 0.3 is 18.5 Å². The number of carboxylic acids is 1. The van der Waals surface area contributed by atoms with Gasteiger partial charge in [0, 0.05) is 17.5 Å². The Balaban J connectivity index is 0.000000673. The van der Waals surface area contributed by atoms with Crippen LogP contribution < -0.4 is 16.2 Å². The zero-order valence-electron chi connectivity index (χ0n) is 19.7. The molecule has 0 saturated heterocycles. The van der Waals surface area contributed by atoms with Crippen molar-refractivity contribution in [1.29, 1.82) is 0 Å². The van der Waals surface area contributed by atoms with Gasteiger partial charge in [0.2, 0.25) is 0 Å². The van der Waals surface area contributed by atoms with Gasteiger partial charge in [-0.1, -0.05) is 23.7 Å². The molecule has 1 heterocycles. The maximum Gasteiger partial charge on any atom is 0.430 e. The summed E-state index contributed by atoms with van der Waals surface area (Å²) in [6.45, 7) is 2.33. The van der Waals surface area contributed by atoms with Gasteiger partial charge in [-0.15, -0.1) is 0 Å². The Labute approximate surface area is 219 Å².